The minimum Gasteiger partial charge on any atom is -0.385 e. The Morgan fingerprint density at radius 3 is 2.43 bits per heavy atom. The summed E-state index contributed by atoms with van der Waals surface area (Å²) in [6.45, 7) is 1.99. The summed E-state index contributed by atoms with van der Waals surface area (Å²) in [4.78, 5) is 2.57. The lowest BCUT2D eigenvalue weighted by Crippen LogP contribution is -2.58. The molecule has 2 aliphatic heterocycles. The van der Waals surface area contributed by atoms with Crippen LogP contribution in [-0.4, -0.2) is 22.6 Å². The van der Waals surface area contributed by atoms with Crippen LogP contribution in [0.3, 0.4) is 0 Å². The molecule has 3 fully saturated rings. The van der Waals surface area contributed by atoms with Crippen LogP contribution >= 0.6 is 15.9 Å². The molecule has 0 spiro atoms. The molecule has 23 heavy (non-hydrogen) atoms. The number of benzene rings is 2. The number of aliphatic hydroxyl groups is 1. The topological polar surface area (TPSA) is 23.5 Å². The van der Waals surface area contributed by atoms with E-state index in [1.54, 1.807) is 0 Å². The Kier molecular flexibility index (Phi) is 4.04. The fraction of sp³-hybridized carbons (Fsp3) is 0.400. The largest absolute Gasteiger partial charge is 0.385 e. The van der Waals surface area contributed by atoms with Gasteiger partial charge in [-0.25, -0.2) is 0 Å². The van der Waals surface area contributed by atoms with Gasteiger partial charge in [-0.1, -0.05) is 58.4 Å². The third kappa shape index (κ3) is 2.86. The first-order valence-electron chi connectivity index (χ1n) is 8.41. The van der Waals surface area contributed by atoms with E-state index in [0.717, 1.165) is 36.0 Å². The molecule has 2 aromatic carbocycles. The molecule has 3 aliphatic rings. The van der Waals surface area contributed by atoms with Gasteiger partial charge in [0, 0.05) is 29.5 Å². The molecule has 1 aliphatic carbocycles. The lowest BCUT2D eigenvalue weighted by atomic mass is 9.66. The van der Waals surface area contributed by atoms with Crippen LogP contribution in [0.25, 0.3) is 0 Å². The van der Waals surface area contributed by atoms with Gasteiger partial charge in [0.25, 0.3) is 0 Å². The Hall–Kier alpha value is -1.16. The number of nitrogens with zero attached hydrogens (tertiary/aromatic N) is 1. The predicted molar refractivity (Wildman–Crippen MR) is 96.0 cm³/mol. The van der Waals surface area contributed by atoms with Gasteiger partial charge >= 0.3 is 0 Å². The molecule has 0 amide bonds. The van der Waals surface area contributed by atoms with Crippen LogP contribution in [0.5, 0.6) is 0 Å². The molecule has 2 nitrogen and oxygen atoms in total. The summed E-state index contributed by atoms with van der Waals surface area (Å²) in [6.07, 6.45) is 3.19. The van der Waals surface area contributed by atoms with E-state index in [1.807, 2.05) is 12.1 Å². The monoisotopic (exact) mass is 371 g/mol. The highest BCUT2D eigenvalue weighted by Crippen LogP contribution is 2.48. The maximum absolute atomic E-state index is 11.4. The van der Waals surface area contributed by atoms with E-state index in [1.165, 1.54) is 12.0 Å². The summed E-state index contributed by atoms with van der Waals surface area (Å²) >= 11 is 3.48. The standard InChI is InChI=1S/C20H22BrNO/c21-18-9-6-16(7-10-18)20(23)12-19-11-8-17(20)14-22(19)13-15-4-2-1-3-5-15/h1-7,9-10,17,19,23H,8,11-14H2. The van der Waals surface area contributed by atoms with Gasteiger partial charge in [0.1, 0.15) is 0 Å². The summed E-state index contributed by atoms with van der Waals surface area (Å²) in [5.41, 5.74) is 1.79. The predicted octanol–water partition coefficient (Wildman–Crippen LogP) is 4.32. The van der Waals surface area contributed by atoms with Crippen LogP contribution in [0.15, 0.2) is 59.1 Å². The summed E-state index contributed by atoms with van der Waals surface area (Å²) in [5, 5.41) is 11.4. The van der Waals surface area contributed by atoms with Crippen LogP contribution in [0.4, 0.5) is 0 Å². The number of piperidine rings is 2. The summed E-state index contributed by atoms with van der Waals surface area (Å²) in [6, 6.07) is 19.4. The zero-order chi connectivity index (χ0) is 15.9. The van der Waals surface area contributed by atoms with Gasteiger partial charge in [-0.3, -0.25) is 4.90 Å². The van der Waals surface area contributed by atoms with Gasteiger partial charge in [-0.2, -0.15) is 0 Å². The van der Waals surface area contributed by atoms with Gasteiger partial charge in [-0.15, -0.1) is 0 Å². The number of halogens is 1. The second-order valence-electron chi connectivity index (χ2n) is 6.98. The second kappa shape index (κ2) is 6.04. The summed E-state index contributed by atoms with van der Waals surface area (Å²) < 4.78 is 1.07. The van der Waals surface area contributed by atoms with Crippen molar-refractivity contribution in [2.75, 3.05) is 6.54 Å². The minimum absolute atomic E-state index is 0.331. The van der Waals surface area contributed by atoms with E-state index in [9.17, 15) is 5.11 Å². The second-order valence-corrected chi connectivity index (χ2v) is 7.89. The molecule has 1 N–H and O–H groups in total. The molecule has 3 atom stereocenters. The van der Waals surface area contributed by atoms with Crippen molar-refractivity contribution in [3.63, 3.8) is 0 Å². The van der Waals surface area contributed by atoms with Gasteiger partial charge in [0.2, 0.25) is 0 Å². The van der Waals surface area contributed by atoms with E-state index in [-0.39, 0.29) is 0 Å². The smallest absolute Gasteiger partial charge is 0.0951 e. The maximum Gasteiger partial charge on any atom is 0.0951 e. The highest BCUT2D eigenvalue weighted by Gasteiger charge is 2.50. The average molecular weight is 372 g/mol. The third-order valence-corrected chi connectivity index (χ3v) is 6.14. The molecule has 3 heteroatoms. The zero-order valence-corrected chi connectivity index (χ0v) is 14.7. The van der Waals surface area contributed by atoms with Crippen molar-refractivity contribution in [3.8, 4) is 0 Å². The van der Waals surface area contributed by atoms with E-state index >= 15 is 0 Å². The quantitative estimate of drug-likeness (QED) is 0.868. The first kappa shape index (κ1) is 15.4. The zero-order valence-electron chi connectivity index (χ0n) is 13.2. The van der Waals surface area contributed by atoms with Crippen molar-refractivity contribution in [2.24, 2.45) is 5.92 Å². The Labute approximate surface area is 146 Å². The van der Waals surface area contributed by atoms with E-state index < -0.39 is 5.60 Å². The number of fused-ring (bicyclic) bond motifs is 3. The summed E-state index contributed by atoms with van der Waals surface area (Å²) in [7, 11) is 0. The first-order chi connectivity index (χ1) is 11.1. The van der Waals surface area contributed by atoms with Gasteiger partial charge in [-0.05, 0) is 42.5 Å². The minimum atomic E-state index is -0.656. The van der Waals surface area contributed by atoms with Crippen LogP contribution in [0.1, 0.15) is 30.4 Å². The fourth-order valence-electron chi connectivity index (χ4n) is 4.35. The molecule has 0 aromatic heterocycles. The van der Waals surface area contributed by atoms with E-state index in [4.69, 9.17) is 0 Å². The molecular weight excluding hydrogens is 350 g/mol. The summed E-state index contributed by atoms with van der Waals surface area (Å²) in [5.74, 6) is 0.331. The molecule has 2 saturated heterocycles. The average Bonchev–Trinajstić information content (AvgIpc) is 2.57. The van der Waals surface area contributed by atoms with Crippen LogP contribution < -0.4 is 0 Å². The van der Waals surface area contributed by atoms with Crippen molar-refractivity contribution >= 4 is 15.9 Å². The molecule has 0 radical (unpaired) electrons. The van der Waals surface area contributed by atoms with Gasteiger partial charge in [0.05, 0.1) is 5.60 Å². The number of rotatable bonds is 3. The normalized spacial score (nSPS) is 30.5. The SMILES string of the molecule is OC1(c2ccc(Br)cc2)CC2CCC1CN2Cc1ccccc1. The van der Waals surface area contributed by atoms with Gasteiger partial charge < -0.3 is 5.11 Å². The van der Waals surface area contributed by atoms with Crippen LogP contribution in [0, 0.1) is 5.92 Å². The Bertz CT molecular complexity index is 672. The van der Waals surface area contributed by atoms with Gasteiger partial charge in [0.15, 0.2) is 0 Å². The molecule has 5 rings (SSSR count). The molecule has 2 bridgehead atoms. The highest BCUT2D eigenvalue weighted by atomic mass is 79.9. The third-order valence-electron chi connectivity index (χ3n) is 5.61. The lowest BCUT2D eigenvalue weighted by Gasteiger charge is -2.54. The van der Waals surface area contributed by atoms with E-state index in [2.05, 4.69) is 63.3 Å². The highest BCUT2D eigenvalue weighted by molar-refractivity contribution is 9.10. The molecule has 3 unspecified atom stereocenters. The Morgan fingerprint density at radius 2 is 1.78 bits per heavy atom. The number of hydrogen-bond acceptors (Lipinski definition) is 2. The van der Waals surface area contributed by atoms with Crippen LogP contribution in [0.2, 0.25) is 0 Å². The van der Waals surface area contributed by atoms with Crippen molar-refractivity contribution in [2.45, 2.75) is 37.5 Å². The molecule has 120 valence electrons. The lowest BCUT2D eigenvalue weighted by molar-refractivity contribution is -0.135. The number of hydrogen-bond donors (Lipinski definition) is 1. The maximum atomic E-state index is 11.4. The van der Waals surface area contributed by atoms with Crippen molar-refractivity contribution in [1.82, 2.24) is 4.90 Å². The molecule has 1 saturated carbocycles. The Balaban J connectivity index is 1.54. The van der Waals surface area contributed by atoms with Crippen molar-refractivity contribution in [3.05, 3.63) is 70.2 Å². The fourth-order valence-corrected chi connectivity index (χ4v) is 4.61. The Morgan fingerprint density at radius 1 is 1.04 bits per heavy atom. The van der Waals surface area contributed by atoms with Crippen LogP contribution in [-0.2, 0) is 12.1 Å². The van der Waals surface area contributed by atoms with Crippen molar-refractivity contribution < 1.29 is 5.11 Å². The molecule has 2 aromatic rings. The molecular formula is C20H22BrNO. The van der Waals surface area contributed by atoms with Crippen molar-refractivity contribution in [1.29, 1.82) is 0 Å². The van der Waals surface area contributed by atoms with E-state index in [0.29, 0.717) is 12.0 Å². The molecule has 2 heterocycles. The first-order valence-corrected chi connectivity index (χ1v) is 9.21.